The van der Waals surface area contributed by atoms with Crippen LogP contribution in [0.4, 0.5) is 0 Å². The van der Waals surface area contributed by atoms with Gasteiger partial charge in [0.2, 0.25) is 0 Å². The highest BCUT2D eigenvalue weighted by molar-refractivity contribution is 5.93. The molecule has 0 aromatic carbocycles. The zero-order valence-electron chi connectivity index (χ0n) is 19.8. The smallest absolute Gasteiger partial charge is 0.0874 e. The van der Waals surface area contributed by atoms with Crippen molar-refractivity contribution >= 4 is 23.4 Å². The molecule has 168 valence electrons. The van der Waals surface area contributed by atoms with Crippen molar-refractivity contribution in [1.82, 2.24) is 15.3 Å². The summed E-state index contributed by atoms with van der Waals surface area (Å²) in [6.07, 6.45) is 22.4. The summed E-state index contributed by atoms with van der Waals surface area (Å²) < 4.78 is 0. The summed E-state index contributed by atoms with van der Waals surface area (Å²) in [6, 6.07) is 10.3. The zero-order valence-corrected chi connectivity index (χ0v) is 19.8. The van der Waals surface area contributed by atoms with E-state index in [2.05, 4.69) is 67.4 Å². The molecule has 0 fully saturated rings. The maximum Gasteiger partial charge on any atom is 0.0874 e. The van der Waals surface area contributed by atoms with Crippen LogP contribution in [0.25, 0.3) is 23.4 Å². The van der Waals surface area contributed by atoms with E-state index in [0.717, 1.165) is 63.8 Å². The molecule has 3 aliphatic rings. The summed E-state index contributed by atoms with van der Waals surface area (Å²) in [5, 5.41) is 5.47. The molecule has 0 unspecified atom stereocenters. The van der Waals surface area contributed by atoms with Crippen molar-refractivity contribution < 1.29 is 0 Å². The van der Waals surface area contributed by atoms with Gasteiger partial charge >= 0.3 is 0 Å². The highest BCUT2D eigenvalue weighted by Gasteiger charge is 2.14. The van der Waals surface area contributed by atoms with Crippen molar-refractivity contribution in [3.63, 3.8) is 0 Å². The number of hydrogen-bond donors (Lipinski definition) is 1. The molecule has 0 spiro atoms. The summed E-state index contributed by atoms with van der Waals surface area (Å²) in [5.41, 5.74) is 9.79. The second-order valence-electron chi connectivity index (χ2n) is 8.97. The van der Waals surface area contributed by atoms with Gasteiger partial charge in [-0.2, -0.15) is 0 Å². The lowest BCUT2D eigenvalue weighted by atomic mass is 9.98. The summed E-state index contributed by atoms with van der Waals surface area (Å²) >= 11 is 0. The molecule has 0 atom stereocenters. The molecule has 0 bridgehead atoms. The molecule has 1 aliphatic heterocycles. The van der Waals surface area contributed by atoms with Crippen molar-refractivity contribution in [3.8, 4) is 0 Å². The molecule has 2 aromatic heterocycles. The highest BCUT2D eigenvalue weighted by atomic mass is 14.9. The summed E-state index contributed by atoms with van der Waals surface area (Å²) in [5.74, 6) is 0. The molecule has 3 nitrogen and oxygen atoms in total. The molecular weight excluding hydrogens is 414 g/mol. The third-order valence-corrected chi connectivity index (χ3v) is 6.31. The number of aromatic nitrogens is 2. The summed E-state index contributed by atoms with van der Waals surface area (Å²) in [4.78, 5) is 9.89. The van der Waals surface area contributed by atoms with Crippen molar-refractivity contribution in [2.75, 3.05) is 0 Å². The first kappa shape index (κ1) is 21.8. The fourth-order valence-corrected chi connectivity index (χ4v) is 4.50. The fraction of sp³-hybridized carbons (Fsp3) is 0.161. The van der Waals surface area contributed by atoms with Crippen LogP contribution >= 0.6 is 0 Å². The first-order valence-electron chi connectivity index (χ1n) is 11.8. The molecule has 3 heteroatoms. The van der Waals surface area contributed by atoms with E-state index in [9.17, 15) is 0 Å². The van der Waals surface area contributed by atoms with Gasteiger partial charge in [0, 0.05) is 22.7 Å². The Morgan fingerprint density at radius 1 is 0.882 bits per heavy atom. The van der Waals surface area contributed by atoms with E-state index in [1.165, 1.54) is 16.7 Å². The predicted octanol–water partition coefficient (Wildman–Crippen LogP) is 5.44. The Bertz CT molecular complexity index is 1470. The normalized spacial score (nSPS) is 17.7. The van der Waals surface area contributed by atoms with Gasteiger partial charge in [0.15, 0.2) is 0 Å². The highest BCUT2D eigenvalue weighted by Crippen LogP contribution is 2.27. The van der Waals surface area contributed by atoms with Crippen LogP contribution in [0.1, 0.15) is 43.3 Å². The van der Waals surface area contributed by atoms with Crippen molar-refractivity contribution in [1.29, 1.82) is 0 Å². The number of hydrogen-bond acceptors (Lipinski definition) is 3. The van der Waals surface area contributed by atoms with Gasteiger partial charge in [-0.05, 0) is 92.3 Å². The average molecular weight is 444 g/mol. The maximum absolute atomic E-state index is 5.14. The molecule has 2 aromatic rings. The van der Waals surface area contributed by atoms with Crippen LogP contribution in [-0.2, 0) is 0 Å². The minimum absolute atomic E-state index is 0.902. The van der Waals surface area contributed by atoms with E-state index in [1.54, 1.807) is 0 Å². The number of nitrogens with zero attached hydrogens (tertiary/aromatic N) is 2. The van der Waals surface area contributed by atoms with Gasteiger partial charge in [-0.1, -0.05) is 48.6 Å². The van der Waals surface area contributed by atoms with Crippen LogP contribution < -0.4 is 15.9 Å². The van der Waals surface area contributed by atoms with Gasteiger partial charge in [0.25, 0.3) is 0 Å². The lowest BCUT2D eigenvalue weighted by Crippen LogP contribution is -2.29. The van der Waals surface area contributed by atoms with Crippen molar-refractivity contribution in [2.24, 2.45) is 0 Å². The van der Waals surface area contributed by atoms with Gasteiger partial charge < -0.3 is 5.32 Å². The lowest BCUT2D eigenvalue weighted by Gasteiger charge is -2.12. The predicted molar refractivity (Wildman–Crippen MR) is 143 cm³/mol. The SMILES string of the molecule is C=C1C=C(C2=CCC=C(C)CC2)C=c2nc(C3=C(c4cccc(C)n4)NC=CC=C3)ccc2=C1. The molecule has 0 saturated carbocycles. The van der Waals surface area contributed by atoms with Gasteiger partial charge in [-0.3, -0.25) is 4.98 Å². The Kier molecular flexibility index (Phi) is 6.09. The topological polar surface area (TPSA) is 37.8 Å². The van der Waals surface area contributed by atoms with Crippen LogP contribution in [0.5, 0.6) is 0 Å². The number of rotatable bonds is 3. The fourth-order valence-electron chi connectivity index (χ4n) is 4.50. The molecule has 34 heavy (non-hydrogen) atoms. The van der Waals surface area contributed by atoms with E-state index in [-0.39, 0.29) is 0 Å². The second kappa shape index (κ2) is 9.48. The summed E-state index contributed by atoms with van der Waals surface area (Å²) in [7, 11) is 0. The molecule has 5 rings (SSSR count). The number of aryl methyl sites for hydroxylation is 1. The Morgan fingerprint density at radius 3 is 2.68 bits per heavy atom. The van der Waals surface area contributed by atoms with E-state index in [1.807, 2.05) is 43.5 Å². The Labute approximate surface area is 201 Å². The van der Waals surface area contributed by atoms with Crippen LogP contribution in [0.3, 0.4) is 0 Å². The zero-order chi connectivity index (χ0) is 23.5. The van der Waals surface area contributed by atoms with E-state index < -0.39 is 0 Å². The molecule has 1 N–H and O–H groups in total. The molecule has 2 aliphatic carbocycles. The summed E-state index contributed by atoms with van der Waals surface area (Å²) in [6.45, 7) is 8.50. The monoisotopic (exact) mass is 443 g/mol. The minimum atomic E-state index is 0.902. The maximum atomic E-state index is 5.14. The van der Waals surface area contributed by atoms with Crippen LogP contribution in [0.2, 0.25) is 0 Å². The largest absolute Gasteiger partial charge is 0.359 e. The molecule has 3 heterocycles. The van der Waals surface area contributed by atoms with E-state index >= 15 is 0 Å². The van der Waals surface area contributed by atoms with Gasteiger partial charge in [0.1, 0.15) is 0 Å². The van der Waals surface area contributed by atoms with Gasteiger partial charge in [0.05, 0.1) is 22.4 Å². The number of fused-ring (bicyclic) bond motifs is 1. The second-order valence-corrected chi connectivity index (χ2v) is 8.97. The number of allylic oxidation sites excluding steroid dienone is 11. The van der Waals surface area contributed by atoms with Crippen molar-refractivity contribution in [2.45, 2.75) is 33.1 Å². The molecular formula is C31H29N3. The van der Waals surface area contributed by atoms with Crippen LogP contribution in [-0.4, -0.2) is 9.97 Å². The Morgan fingerprint density at radius 2 is 1.79 bits per heavy atom. The standard InChI is InChI=1S/C31H29N3/c1-21-8-6-10-24(14-13-21)26-19-22(2)18-25-15-16-28(34-30(25)20-26)27-11-4-5-17-32-31(27)29-12-7-9-23(3)33-29/h4-5,7-12,15-20,32H,2,6,13-14H2,1,3H3. The number of pyridine rings is 2. The lowest BCUT2D eigenvalue weighted by molar-refractivity contribution is 0.947. The Balaban J connectivity index is 1.64. The molecule has 0 radical (unpaired) electrons. The molecule has 0 saturated heterocycles. The number of nitrogens with one attached hydrogen (secondary N) is 1. The minimum Gasteiger partial charge on any atom is -0.359 e. The average Bonchev–Trinajstić information content (AvgIpc) is 3.26. The third-order valence-electron chi connectivity index (χ3n) is 6.31. The Hall–Kier alpha value is -3.98. The van der Waals surface area contributed by atoms with E-state index in [4.69, 9.17) is 9.97 Å². The third kappa shape index (κ3) is 4.69. The first-order valence-corrected chi connectivity index (χ1v) is 11.8. The van der Waals surface area contributed by atoms with Gasteiger partial charge in [-0.15, -0.1) is 0 Å². The molecule has 0 amide bonds. The van der Waals surface area contributed by atoms with Gasteiger partial charge in [-0.25, -0.2) is 4.98 Å². The quantitative estimate of drug-likeness (QED) is 0.642. The van der Waals surface area contributed by atoms with Crippen molar-refractivity contribution in [3.05, 3.63) is 130 Å². The van der Waals surface area contributed by atoms with Crippen LogP contribution in [0, 0.1) is 6.92 Å². The van der Waals surface area contributed by atoms with Crippen LogP contribution in [0.15, 0.2) is 102 Å². The van der Waals surface area contributed by atoms with E-state index in [0.29, 0.717) is 0 Å². The first-order chi connectivity index (χ1) is 16.6.